The summed E-state index contributed by atoms with van der Waals surface area (Å²) in [4.78, 5) is 13.5. The Balaban J connectivity index is 1.95. The van der Waals surface area contributed by atoms with Crippen LogP contribution in [0.3, 0.4) is 0 Å². The lowest BCUT2D eigenvalue weighted by Crippen LogP contribution is -2.00. The zero-order valence-electron chi connectivity index (χ0n) is 13.4. The first-order valence-electron chi connectivity index (χ1n) is 7.84. The number of carbonyl (C=O) groups is 1. The molecule has 0 unspecified atom stereocenters. The number of phenolic OH excluding ortho intramolecular Hbond substituents is 1. The fraction of sp³-hybridized carbons (Fsp3) is 0. The minimum Gasteiger partial charge on any atom is -0.508 e. The standard InChI is InChI=1S/C21H12F2O2S/c22-14-5-1-12(2-6-14)19-17-10-9-16(24)11-18(17)26-21(19)20(25)13-3-7-15(23)8-4-13/h1-11,24H. The molecule has 128 valence electrons. The molecule has 0 amide bonds. The summed E-state index contributed by atoms with van der Waals surface area (Å²) in [5, 5.41) is 10.6. The Kier molecular flexibility index (Phi) is 4.01. The molecule has 0 spiro atoms. The van der Waals surface area contributed by atoms with Crippen molar-refractivity contribution in [1.29, 1.82) is 0 Å². The van der Waals surface area contributed by atoms with Crippen molar-refractivity contribution in [3.8, 4) is 16.9 Å². The Morgan fingerprint density at radius 3 is 2.12 bits per heavy atom. The second-order valence-corrected chi connectivity index (χ2v) is 6.88. The lowest BCUT2D eigenvalue weighted by atomic mass is 9.98. The van der Waals surface area contributed by atoms with Crippen molar-refractivity contribution in [2.45, 2.75) is 0 Å². The van der Waals surface area contributed by atoms with Gasteiger partial charge < -0.3 is 5.11 Å². The molecule has 0 saturated heterocycles. The average molecular weight is 366 g/mol. The van der Waals surface area contributed by atoms with Crippen molar-refractivity contribution < 1.29 is 18.7 Å². The van der Waals surface area contributed by atoms with Crippen LogP contribution in [0.5, 0.6) is 5.75 Å². The van der Waals surface area contributed by atoms with Gasteiger partial charge in [0.25, 0.3) is 0 Å². The van der Waals surface area contributed by atoms with Crippen molar-refractivity contribution in [1.82, 2.24) is 0 Å². The topological polar surface area (TPSA) is 37.3 Å². The second kappa shape index (κ2) is 6.35. The molecule has 0 bridgehead atoms. The Hall–Kier alpha value is -3.05. The third-order valence-electron chi connectivity index (χ3n) is 4.12. The van der Waals surface area contributed by atoms with E-state index in [2.05, 4.69) is 0 Å². The molecule has 1 N–H and O–H groups in total. The number of ketones is 1. The number of halogens is 2. The summed E-state index contributed by atoms with van der Waals surface area (Å²) in [5.41, 5.74) is 1.75. The van der Waals surface area contributed by atoms with Gasteiger partial charge in [0.2, 0.25) is 5.78 Å². The van der Waals surface area contributed by atoms with Crippen LogP contribution in [0.25, 0.3) is 21.2 Å². The number of hydrogen-bond acceptors (Lipinski definition) is 3. The van der Waals surface area contributed by atoms with Crippen LogP contribution in [-0.4, -0.2) is 10.9 Å². The van der Waals surface area contributed by atoms with Crippen LogP contribution in [-0.2, 0) is 0 Å². The van der Waals surface area contributed by atoms with Gasteiger partial charge in [0.05, 0.1) is 4.88 Å². The SMILES string of the molecule is O=C(c1ccc(F)cc1)c1sc2cc(O)ccc2c1-c1ccc(F)cc1. The van der Waals surface area contributed by atoms with Gasteiger partial charge in [-0.3, -0.25) is 4.79 Å². The monoisotopic (exact) mass is 366 g/mol. The first-order chi connectivity index (χ1) is 12.5. The van der Waals surface area contributed by atoms with E-state index in [4.69, 9.17) is 0 Å². The van der Waals surface area contributed by atoms with Gasteiger partial charge in [-0.05, 0) is 60.2 Å². The quantitative estimate of drug-likeness (QED) is 0.467. The summed E-state index contributed by atoms with van der Waals surface area (Å²) in [5.74, 6) is -0.922. The van der Waals surface area contributed by atoms with Crippen LogP contribution in [0.15, 0.2) is 66.7 Å². The van der Waals surface area contributed by atoms with Gasteiger partial charge in [0, 0.05) is 21.2 Å². The molecule has 5 heteroatoms. The molecule has 0 atom stereocenters. The summed E-state index contributed by atoms with van der Waals surface area (Å²) in [6, 6.07) is 16.1. The molecule has 1 heterocycles. The van der Waals surface area contributed by atoms with E-state index in [-0.39, 0.29) is 17.3 Å². The molecule has 0 saturated carbocycles. The molecule has 0 fully saturated rings. The lowest BCUT2D eigenvalue weighted by molar-refractivity contribution is 0.104. The number of rotatable bonds is 3. The summed E-state index contributed by atoms with van der Waals surface area (Å²) < 4.78 is 27.2. The van der Waals surface area contributed by atoms with Crippen molar-refractivity contribution >= 4 is 27.2 Å². The van der Waals surface area contributed by atoms with Gasteiger partial charge in [-0.25, -0.2) is 8.78 Å². The molecule has 26 heavy (non-hydrogen) atoms. The second-order valence-electron chi connectivity index (χ2n) is 5.83. The number of thiophene rings is 1. The molecule has 0 aliphatic heterocycles. The molecule has 0 aliphatic carbocycles. The summed E-state index contributed by atoms with van der Waals surface area (Å²) >= 11 is 1.25. The number of aromatic hydroxyl groups is 1. The van der Waals surface area contributed by atoms with Crippen LogP contribution in [0, 0.1) is 11.6 Å². The number of hydrogen-bond donors (Lipinski definition) is 1. The predicted molar refractivity (Wildman–Crippen MR) is 98.7 cm³/mol. The largest absolute Gasteiger partial charge is 0.508 e. The van der Waals surface area contributed by atoms with Gasteiger partial charge in [-0.15, -0.1) is 11.3 Å². The number of phenols is 1. The Morgan fingerprint density at radius 1 is 0.846 bits per heavy atom. The van der Waals surface area contributed by atoms with Gasteiger partial charge in [-0.1, -0.05) is 12.1 Å². The molecule has 2 nitrogen and oxygen atoms in total. The lowest BCUT2D eigenvalue weighted by Gasteiger charge is -2.05. The highest BCUT2D eigenvalue weighted by Gasteiger charge is 2.21. The van der Waals surface area contributed by atoms with Crippen molar-refractivity contribution in [3.63, 3.8) is 0 Å². The van der Waals surface area contributed by atoms with Gasteiger partial charge in [0.1, 0.15) is 17.4 Å². The van der Waals surface area contributed by atoms with Crippen LogP contribution >= 0.6 is 11.3 Å². The summed E-state index contributed by atoms with van der Waals surface area (Å²) in [6.07, 6.45) is 0. The van der Waals surface area contributed by atoms with Crippen molar-refractivity contribution in [2.24, 2.45) is 0 Å². The highest BCUT2D eigenvalue weighted by molar-refractivity contribution is 7.21. The minimum atomic E-state index is -0.415. The smallest absolute Gasteiger partial charge is 0.203 e. The van der Waals surface area contributed by atoms with E-state index in [1.807, 2.05) is 0 Å². The fourth-order valence-electron chi connectivity index (χ4n) is 2.88. The maximum absolute atomic E-state index is 13.3. The number of fused-ring (bicyclic) bond motifs is 1. The normalized spacial score (nSPS) is 11.0. The zero-order chi connectivity index (χ0) is 18.3. The molecule has 4 rings (SSSR count). The predicted octanol–water partition coefficient (Wildman–Crippen LogP) is 5.78. The fourth-order valence-corrected chi connectivity index (χ4v) is 4.10. The Labute approximate surface area is 152 Å². The van der Waals surface area contributed by atoms with E-state index in [1.165, 1.54) is 47.7 Å². The molecule has 4 aromatic rings. The van der Waals surface area contributed by atoms with E-state index in [0.29, 0.717) is 21.6 Å². The zero-order valence-corrected chi connectivity index (χ0v) is 14.2. The molecule has 0 aliphatic rings. The minimum absolute atomic E-state index is 0.102. The maximum atomic E-state index is 13.3. The molecule has 0 radical (unpaired) electrons. The third-order valence-corrected chi connectivity index (χ3v) is 5.27. The number of carbonyl (C=O) groups excluding carboxylic acids is 1. The van der Waals surface area contributed by atoms with E-state index in [0.717, 1.165) is 10.1 Å². The van der Waals surface area contributed by atoms with E-state index in [9.17, 15) is 18.7 Å². The third kappa shape index (κ3) is 2.86. The Bertz CT molecular complexity index is 1110. The van der Waals surface area contributed by atoms with E-state index < -0.39 is 5.82 Å². The van der Waals surface area contributed by atoms with E-state index >= 15 is 0 Å². The highest BCUT2D eigenvalue weighted by Crippen LogP contribution is 2.41. The Morgan fingerprint density at radius 2 is 1.46 bits per heavy atom. The first-order valence-corrected chi connectivity index (χ1v) is 8.66. The van der Waals surface area contributed by atoms with Crippen LogP contribution in [0.1, 0.15) is 15.2 Å². The van der Waals surface area contributed by atoms with Crippen LogP contribution in [0.2, 0.25) is 0 Å². The average Bonchev–Trinajstić information content (AvgIpc) is 3.01. The number of benzene rings is 3. The summed E-state index contributed by atoms with van der Waals surface area (Å²) in [6.45, 7) is 0. The molecule has 3 aromatic carbocycles. The first kappa shape index (κ1) is 16.4. The van der Waals surface area contributed by atoms with E-state index in [1.54, 1.807) is 30.3 Å². The molecular formula is C21H12F2O2S. The molecular weight excluding hydrogens is 354 g/mol. The van der Waals surface area contributed by atoms with Gasteiger partial charge in [0.15, 0.2) is 0 Å². The molecule has 1 aromatic heterocycles. The van der Waals surface area contributed by atoms with Crippen LogP contribution < -0.4 is 0 Å². The van der Waals surface area contributed by atoms with Gasteiger partial charge >= 0.3 is 0 Å². The maximum Gasteiger partial charge on any atom is 0.203 e. The summed E-state index contributed by atoms with van der Waals surface area (Å²) in [7, 11) is 0. The van der Waals surface area contributed by atoms with Gasteiger partial charge in [-0.2, -0.15) is 0 Å². The van der Waals surface area contributed by atoms with Crippen molar-refractivity contribution in [2.75, 3.05) is 0 Å². The van der Waals surface area contributed by atoms with Crippen LogP contribution in [0.4, 0.5) is 8.78 Å². The highest BCUT2D eigenvalue weighted by atomic mass is 32.1. The van der Waals surface area contributed by atoms with Crippen molar-refractivity contribution in [3.05, 3.63) is 88.8 Å².